The number of nitrogens with one attached hydrogen (secondary N) is 2. The molecule has 7 aliphatic rings. The van der Waals surface area contributed by atoms with Crippen LogP contribution in [-0.4, -0.2) is 65.7 Å². The Kier molecular flexibility index (Phi) is 9.92. The number of ether oxygens (including phenoxy) is 1. The second kappa shape index (κ2) is 13.4. The number of fused-ring (bicyclic) bond motifs is 7. The van der Waals surface area contributed by atoms with Crippen molar-refractivity contribution in [2.75, 3.05) is 19.6 Å². The summed E-state index contributed by atoms with van der Waals surface area (Å²) >= 11 is 0. The van der Waals surface area contributed by atoms with Crippen LogP contribution in [0.25, 0.3) is 0 Å². The number of carbonyl (C=O) groups excluding carboxylic acids is 3. The summed E-state index contributed by atoms with van der Waals surface area (Å²) in [5.74, 6) is -0.726. The molecule has 9 nitrogen and oxygen atoms in total. The van der Waals surface area contributed by atoms with Gasteiger partial charge in [0.25, 0.3) is 0 Å². The first-order valence-electron chi connectivity index (χ1n) is 21.5. The van der Waals surface area contributed by atoms with Crippen molar-refractivity contribution in [3.05, 3.63) is 11.1 Å². The number of ketones is 1. The number of hydrogen-bond donors (Lipinski definition) is 4. The normalized spacial score (nSPS) is 44.2. The lowest BCUT2D eigenvalue weighted by Crippen LogP contribution is -2.66. The van der Waals surface area contributed by atoms with E-state index in [9.17, 15) is 29.4 Å². The number of carboxylic acid groups (broad SMARTS) is 1. The van der Waals surface area contributed by atoms with E-state index in [2.05, 4.69) is 59.1 Å². The molecule has 0 unspecified atom stereocenters. The Hall–Kier alpha value is -2.26. The fourth-order valence-electron chi connectivity index (χ4n) is 14.9. The molecule has 4 N–H and O–H groups in total. The van der Waals surface area contributed by atoms with E-state index in [1.807, 2.05) is 13.8 Å². The van der Waals surface area contributed by atoms with E-state index in [-0.39, 0.29) is 75.6 Å². The number of aliphatic hydroxyl groups excluding tert-OH is 1. The van der Waals surface area contributed by atoms with E-state index in [4.69, 9.17) is 4.74 Å². The van der Waals surface area contributed by atoms with Crippen LogP contribution < -0.4 is 10.6 Å². The monoisotopic (exact) mass is 751 g/mol. The minimum Gasteiger partial charge on any atom is -0.481 e. The highest BCUT2D eigenvalue weighted by atomic mass is 16.5. The van der Waals surface area contributed by atoms with Crippen LogP contribution in [0.2, 0.25) is 0 Å². The zero-order chi connectivity index (χ0) is 39.4. The lowest BCUT2D eigenvalue weighted by molar-refractivity contribution is -0.238. The van der Waals surface area contributed by atoms with Gasteiger partial charge in [0.15, 0.2) is 5.78 Å². The van der Waals surface area contributed by atoms with Crippen molar-refractivity contribution in [2.45, 2.75) is 152 Å². The second-order valence-corrected chi connectivity index (χ2v) is 21.4. The molecule has 0 spiro atoms. The molecule has 54 heavy (non-hydrogen) atoms. The Labute approximate surface area is 324 Å². The van der Waals surface area contributed by atoms with Crippen LogP contribution in [0.5, 0.6) is 0 Å². The van der Waals surface area contributed by atoms with Gasteiger partial charge in [0, 0.05) is 30.3 Å². The van der Waals surface area contributed by atoms with Crippen LogP contribution in [0.1, 0.15) is 139 Å². The number of Topliss-reactive ketones (excluding diaryl/α,β-unsaturated/α-hetero) is 1. The summed E-state index contributed by atoms with van der Waals surface area (Å²) in [5, 5.41) is 28.2. The number of carboxylic acids is 1. The number of aliphatic carboxylic acids is 1. The maximum absolute atomic E-state index is 14.1. The Morgan fingerprint density at radius 2 is 1.59 bits per heavy atom. The van der Waals surface area contributed by atoms with E-state index in [0.717, 1.165) is 76.3 Å². The molecule has 5 saturated carbocycles. The predicted molar refractivity (Wildman–Crippen MR) is 207 cm³/mol. The van der Waals surface area contributed by atoms with Crippen LogP contribution in [-0.2, 0) is 23.9 Å². The second-order valence-electron chi connectivity index (χ2n) is 21.4. The van der Waals surface area contributed by atoms with Crippen molar-refractivity contribution in [1.29, 1.82) is 0 Å². The van der Waals surface area contributed by atoms with Gasteiger partial charge in [-0.2, -0.15) is 0 Å². The third-order valence-electron chi connectivity index (χ3n) is 18.3. The highest BCUT2D eigenvalue weighted by molar-refractivity contribution is 6.00. The number of allylic oxidation sites excluding steroid dienone is 1. The van der Waals surface area contributed by atoms with Gasteiger partial charge in [-0.25, -0.2) is 0 Å². The molecule has 0 bridgehead atoms. The summed E-state index contributed by atoms with van der Waals surface area (Å²) in [7, 11) is 0. The minimum atomic E-state index is -0.834. The Morgan fingerprint density at radius 3 is 2.22 bits per heavy atom. The van der Waals surface area contributed by atoms with Gasteiger partial charge in [-0.15, -0.1) is 0 Å². The lowest BCUT2D eigenvalue weighted by atomic mass is 9.33. The number of esters is 1. The molecular formula is C45H70N2O7. The van der Waals surface area contributed by atoms with Gasteiger partial charge in [0.05, 0.1) is 23.9 Å². The van der Waals surface area contributed by atoms with E-state index < -0.39 is 28.8 Å². The Morgan fingerprint density at radius 1 is 0.870 bits per heavy atom. The first-order valence-corrected chi connectivity index (χ1v) is 21.5. The summed E-state index contributed by atoms with van der Waals surface area (Å²) in [5.41, 5.74) is 0.747. The molecule has 0 aromatic carbocycles. The number of carbonyl (C=O) groups is 4. The average Bonchev–Trinajstić information content (AvgIpc) is 3.41. The van der Waals surface area contributed by atoms with Gasteiger partial charge in [-0.1, -0.05) is 67.9 Å². The van der Waals surface area contributed by atoms with Crippen LogP contribution >= 0.6 is 0 Å². The molecule has 1 amide bonds. The van der Waals surface area contributed by atoms with Gasteiger partial charge < -0.3 is 25.6 Å². The van der Waals surface area contributed by atoms with Gasteiger partial charge in [0.1, 0.15) is 6.10 Å². The first kappa shape index (κ1) is 40.0. The van der Waals surface area contributed by atoms with Crippen LogP contribution in [0.4, 0.5) is 0 Å². The van der Waals surface area contributed by atoms with Crippen molar-refractivity contribution >= 4 is 23.6 Å². The number of rotatable bonds is 8. The highest BCUT2D eigenvalue weighted by Crippen LogP contribution is 2.77. The third-order valence-corrected chi connectivity index (χ3v) is 18.3. The summed E-state index contributed by atoms with van der Waals surface area (Å²) in [6.07, 6.45) is 9.20. The largest absolute Gasteiger partial charge is 0.481 e. The van der Waals surface area contributed by atoms with Crippen molar-refractivity contribution in [3.8, 4) is 0 Å². The van der Waals surface area contributed by atoms with Crippen molar-refractivity contribution < 1.29 is 34.1 Å². The number of amides is 1. The Bertz CT molecular complexity index is 1590. The van der Waals surface area contributed by atoms with E-state index >= 15 is 0 Å². The maximum atomic E-state index is 14.1. The smallest absolute Gasteiger partial charge is 0.309 e. The Balaban J connectivity index is 1.13. The lowest BCUT2D eigenvalue weighted by Gasteiger charge is -2.72. The molecule has 0 aromatic rings. The van der Waals surface area contributed by atoms with Crippen LogP contribution in [0.15, 0.2) is 11.1 Å². The van der Waals surface area contributed by atoms with Gasteiger partial charge >= 0.3 is 11.9 Å². The average molecular weight is 751 g/mol. The molecule has 6 aliphatic carbocycles. The first-order chi connectivity index (χ1) is 25.2. The molecule has 0 aromatic heterocycles. The summed E-state index contributed by atoms with van der Waals surface area (Å²) < 4.78 is 6.41. The standard InChI is InChI=1S/C45H70N2O7/c1-25(2)35-30(48)22-45(33(49)24-47-37(50)26-11-10-20-46-23-26)19-18-43(8)27(36(35)45)12-13-32-42(7)16-15-34(41(5,6)31(42)14-17-44(32,43)9)54-39(53)29-21-28(38(51)52)40(29,3)4/h25-29,31-34,46,49H,10-24H2,1-9H3,(H,47,50)(H,51,52)/t26-,27+,28-,29+,31-,32+,33-,34-,42-,43+,44+,45-/m0/s1. The number of aliphatic hydroxyl groups is 1. The van der Waals surface area contributed by atoms with Gasteiger partial charge in [-0.05, 0) is 128 Å². The molecule has 0 radical (unpaired) electrons. The fourth-order valence-corrected chi connectivity index (χ4v) is 14.9. The molecule has 1 saturated heterocycles. The van der Waals surface area contributed by atoms with Crippen LogP contribution in [0.3, 0.4) is 0 Å². The molecule has 12 atom stereocenters. The van der Waals surface area contributed by atoms with E-state index in [1.54, 1.807) is 0 Å². The van der Waals surface area contributed by atoms with E-state index in [1.165, 1.54) is 5.57 Å². The molecule has 1 heterocycles. The summed E-state index contributed by atoms with van der Waals surface area (Å²) in [6.45, 7) is 22.0. The van der Waals surface area contributed by atoms with Gasteiger partial charge in [0.2, 0.25) is 5.91 Å². The topological polar surface area (TPSA) is 142 Å². The number of hydrogen-bond acceptors (Lipinski definition) is 7. The minimum absolute atomic E-state index is 0.00127. The maximum Gasteiger partial charge on any atom is 0.309 e. The zero-order valence-electron chi connectivity index (χ0n) is 34.7. The number of piperidine rings is 1. The summed E-state index contributed by atoms with van der Waals surface area (Å²) in [4.78, 5) is 52.6. The molecule has 9 heteroatoms. The molecule has 1 aliphatic heterocycles. The van der Waals surface area contributed by atoms with E-state index in [0.29, 0.717) is 31.2 Å². The fraction of sp³-hybridized carbons (Fsp3) is 0.867. The van der Waals surface area contributed by atoms with Crippen molar-refractivity contribution in [1.82, 2.24) is 10.6 Å². The third kappa shape index (κ3) is 5.64. The molecular weight excluding hydrogens is 681 g/mol. The summed E-state index contributed by atoms with van der Waals surface area (Å²) in [6, 6.07) is 0. The molecule has 302 valence electrons. The highest BCUT2D eigenvalue weighted by Gasteiger charge is 2.71. The zero-order valence-corrected chi connectivity index (χ0v) is 34.7. The predicted octanol–water partition coefficient (Wildman–Crippen LogP) is 7.10. The quantitative estimate of drug-likeness (QED) is 0.193. The van der Waals surface area contributed by atoms with Crippen molar-refractivity contribution in [3.63, 3.8) is 0 Å². The molecule has 6 fully saturated rings. The molecule has 7 rings (SSSR count). The van der Waals surface area contributed by atoms with Gasteiger partial charge in [-0.3, -0.25) is 19.2 Å². The SMILES string of the molecule is CC(C)C1=C2[C@H]3CC[C@@H]4[C@@]5(C)CC[C@H](OC(=O)[C@H]6C[C@@H](C(=O)O)C6(C)C)C(C)(C)[C@@H]5CC[C@@]4(C)[C@]3(C)CC[C@@]2([C@@H](O)CNC(=O)[C@H]2CCCNC2)CC1=O. The van der Waals surface area contributed by atoms with Crippen LogP contribution in [0, 0.1) is 73.9 Å². The van der Waals surface area contributed by atoms with Crippen molar-refractivity contribution in [2.24, 2.45) is 73.9 Å².